The molecule has 6 nitrogen and oxygen atoms in total. The molecule has 0 saturated carbocycles. The van der Waals surface area contributed by atoms with Crippen molar-refractivity contribution in [2.75, 3.05) is 11.9 Å². The fourth-order valence-electron chi connectivity index (χ4n) is 1.39. The van der Waals surface area contributed by atoms with E-state index in [2.05, 4.69) is 26.6 Å². The third kappa shape index (κ3) is 6.33. The summed E-state index contributed by atoms with van der Waals surface area (Å²) in [7, 11) is 0. The molecule has 0 heterocycles. The predicted molar refractivity (Wildman–Crippen MR) is 87.5 cm³/mol. The Labute approximate surface area is 138 Å². The van der Waals surface area contributed by atoms with Crippen LogP contribution in [0, 0.1) is 5.92 Å². The van der Waals surface area contributed by atoms with Gasteiger partial charge in [-0.3, -0.25) is 9.59 Å². The zero-order valence-corrected chi connectivity index (χ0v) is 14.1. The van der Waals surface area contributed by atoms with Gasteiger partial charge in [-0.15, -0.1) is 12.4 Å². The maximum Gasteiger partial charge on any atom is 0.243 e. The third-order valence-corrected chi connectivity index (χ3v) is 3.17. The Bertz CT molecular complexity index is 511. The lowest BCUT2D eigenvalue weighted by atomic mass is 10.1. The summed E-state index contributed by atoms with van der Waals surface area (Å²) in [6.45, 7) is 3.44. The molecule has 0 fully saturated rings. The van der Waals surface area contributed by atoms with Gasteiger partial charge in [-0.1, -0.05) is 29.8 Å². The Hall–Kier alpha value is -1.31. The van der Waals surface area contributed by atoms with Gasteiger partial charge < -0.3 is 21.5 Å². The van der Waals surface area contributed by atoms with Crippen LogP contribution in [-0.4, -0.2) is 29.5 Å². The summed E-state index contributed by atoms with van der Waals surface area (Å²) in [5.41, 5.74) is 5.92. The lowest BCUT2D eigenvalue weighted by molar-refractivity contribution is -0.125. The normalized spacial score (nSPS) is 11.5. The molecule has 1 rings (SSSR count). The highest BCUT2D eigenvalue weighted by Gasteiger charge is 2.17. The van der Waals surface area contributed by atoms with Crippen molar-refractivity contribution in [2.24, 2.45) is 11.7 Å². The third-order valence-electron chi connectivity index (χ3n) is 2.68. The summed E-state index contributed by atoms with van der Waals surface area (Å²) >= 11 is 3.23. The van der Waals surface area contributed by atoms with Gasteiger partial charge >= 0.3 is 0 Å². The number of nitrogens with two attached hydrogens (primary N) is 1. The minimum absolute atomic E-state index is 0. The number of phenols is 1. The standard InChI is InChI=1S/C13H18BrN3O3.ClH/c1-7(2)12(15)13(20)16-6-11(19)17-9-5-8(14)3-4-10(9)18;/h3-5,7,12,18H,6,15H2,1-2H3,(H,16,20)(H,17,19);1H/t12-;/m0./s1. The summed E-state index contributed by atoms with van der Waals surface area (Å²) in [6.07, 6.45) is 0. The Kier molecular flexibility index (Phi) is 8.31. The molecule has 0 bridgehead atoms. The molecule has 118 valence electrons. The lowest BCUT2D eigenvalue weighted by Crippen LogP contribution is -2.46. The molecule has 1 aromatic rings. The summed E-state index contributed by atoms with van der Waals surface area (Å²) in [4.78, 5) is 23.3. The first kappa shape index (κ1) is 19.7. The zero-order valence-electron chi connectivity index (χ0n) is 11.7. The highest BCUT2D eigenvalue weighted by atomic mass is 79.9. The Balaban J connectivity index is 0.00000400. The second kappa shape index (κ2) is 8.86. The van der Waals surface area contributed by atoms with E-state index in [1.807, 2.05) is 13.8 Å². The number of hydrogen-bond donors (Lipinski definition) is 4. The molecule has 0 aliphatic carbocycles. The van der Waals surface area contributed by atoms with Crippen molar-refractivity contribution in [3.63, 3.8) is 0 Å². The predicted octanol–water partition coefficient (Wildman–Crippen LogP) is 1.61. The Morgan fingerprint density at radius 1 is 1.38 bits per heavy atom. The summed E-state index contributed by atoms with van der Waals surface area (Å²) in [6, 6.07) is 4.01. The molecule has 0 aliphatic heterocycles. The first-order valence-electron chi connectivity index (χ1n) is 6.13. The number of anilines is 1. The van der Waals surface area contributed by atoms with E-state index in [0.717, 1.165) is 4.47 Å². The summed E-state index contributed by atoms with van der Waals surface area (Å²) in [5.74, 6) is -0.879. The molecule has 5 N–H and O–H groups in total. The van der Waals surface area contributed by atoms with Crippen molar-refractivity contribution in [3.8, 4) is 5.75 Å². The minimum Gasteiger partial charge on any atom is -0.506 e. The molecule has 1 atom stereocenters. The number of halogens is 2. The van der Waals surface area contributed by atoms with Crippen molar-refractivity contribution in [3.05, 3.63) is 22.7 Å². The first-order chi connectivity index (χ1) is 9.31. The molecule has 0 saturated heterocycles. The highest BCUT2D eigenvalue weighted by molar-refractivity contribution is 9.10. The first-order valence-corrected chi connectivity index (χ1v) is 6.92. The second-order valence-electron chi connectivity index (χ2n) is 4.70. The number of aromatic hydroxyl groups is 1. The van der Waals surface area contributed by atoms with E-state index in [1.54, 1.807) is 12.1 Å². The number of rotatable bonds is 5. The van der Waals surface area contributed by atoms with Gasteiger partial charge in [0.15, 0.2) is 0 Å². The van der Waals surface area contributed by atoms with Crippen molar-refractivity contribution in [1.29, 1.82) is 0 Å². The van der Waals surface area contributed by atoms with E-state index < -0.39 is 11.9 Å². The molecule has 8 heteroatoms. The molecule has 0 radical (unpaired) electrons. The van der Waals surface area contributed by atoms with E-state index in [9.17, 15) is 14.7 Å². The quantitative estimate of drug-likeness (QED) is 0.583. The van der Waals surface area contributed by atoms with E-state index in [-0.39, 0.29) is 42.2 Å². The number of benzene rings is 1. The molecule has 2 amide bonds. The SMILES string of the molecule is CC(C)[C@H](N)C(=O)NCC(=O)Nc1cc(Br)ccc1O.Cl. The number of carbonyl (C=O) groups excluding carboxylic acids is 2. The van der Waals surface area contributed by atoms with Crippen molar-refractivity contribution < 1.29 is 14.7 Å². The molecule has 21 heavy (non-hydrogen) atoms. The maximum atomic E-state index is 11.7. The number of nitrogens with one attached hydrogen (secondary N) is 2. The molecule has 0 unspecified atom stereocenters. The molecule has 1 aromatic carbocycles. The molecular weight excluding hydrogens is 362 g/mol. The van der Waals surface area contributed by atoms with Gasteiger partial charge in [0, 0.05) is 4.47 Å². The topological polar surface area (TPSA) is 104 Å². The monoisotopic (exact) mass is 379 g/mol. The largest absolute Gasteiger partial charge is 0.506 e. The number of carbonyl (C=O) groups is 2. The van der Waals surface area contributed by atoms with Crippen LogP contribution in [0.1, 0.15) is 13.8 Å². The van der Waals surface area contributed by atoms with Crippen LogP contribution in [0.2, 0.25) is 0 Å². The Morgan fingerprint density at radius 2 is 2.00 bits per heavy atom. The van der Waals surface area contributed by atoms with Gasteiger partial charge in [0.05, 0.1) is 18.3 Å². The Morgan fingerprint density at radius 3 is 2.57 bits per heavy atom. The van der Waals surface area contributed by atoms with Crippen LogP contribution in [0.3, 0.4) is 0 Å². The van der Waals surface area contributed by atoms with Gasteiger partial charge in [0.2, 0.25) is 11.8 Å². The van der Waals surface area contributed by atoms with Gasteiger partial charge in [-0.05, 0) is 24.1 Å². The molecular formula is C13H19BrClN3O3. The minimum atomic E-state index is -0.651. The van der Waals surface area contributed by atoms with Crippen LogP contribution in [0.25, 0.3) is 0 Å². The molecule has 0 aromatic heterocycles. The number of amides is 2. The lowest BCUT2D eigenvalue weighted by Gasteiger charge is -2.15. The molecule has 0 spiro atoms. The van der Waals surface area contributed by atoms with E-state index in [4.69, 9.17) is 5.73 Å². The fraction of sp³-hybridized carbons (Fsp3) is 0.385. The molecule has 0 aliphatic rings. The van der Waals surface area contributed by atoms with Gasteiger partial charge in [-0.25, -0.2) is 0 Å². The van der Waals surface area contributed by atoms with Gasteiger partial charge in [-0.2, -0.15) is 0 Å². The second-order valence-corrected chi connectivity index (χ2v) is 5.61. The van der Waals surface area contributed by atoms with Crippen molar-refractivity contribution in [1.82, 2.24) is 5.32 Å². The van der Waals surface area contributed by atoms with Crippen LogP contribution >= 0.6 is 28.3 Å². The highest BCUT2D eigenvalue weighted by Crippen LogP contribution is 2.26. The van der Waals surface area contributed by atoms with Gasteiger partial charge in [0.25, 0.3) is 0 Å². The average Bonchev–Trinajstić information content (AvgIpc) is 2.39. The average molecular weight is 381 g/mol. The van der Waals surface area contributed by atoms with Crippen LogP contribution in [0.4, 0.5) is 5.69 Å². The van der Waals surface area contributed by atoms with Crippen LogP contribution in [-0.2, 0) is 9.59 Å². The van der Waals surface area contributed by atoms with E-state index >= 15 is 0 Å². The van der Waals surface area contributed by atoms with Crippen LogP contribution < -0.4 is 16.4 Å². The zero-order chi connectivity index (χ0) is 15.3. The van der Waals surface area contributed by atoms with Crippen molar-refractivity contribution >= 4 is 45.8 Å². The van der Waals surface area contributed by atoms with Crippen molar-refractivity contribution in [2.45, 2.75) is 19.9 Å². The smallest absolute Gasteiger partial charge is 0.243 e. The van der Waals surface area contributed by atoms with Crippen LogP contribution in [0.15, 0.2) is 22.7 Å². The number of phenolic OH excluding ortho intramolecular Hbond substituents is 1. The fourth-order valence-corrected chi connectivity index (χ4v) is 1.75. The summed E-state index contributed by atoms with van der Waals surface area (Å²) in [5, 5.41) is 14.5. The van der Waals surface area contributed by atoms with Gasteiger partial charge in [0.1, 0.15) is 5.75 Å². The maximum absolute atomic E-state index is 11.7. The van der Waals surface area contributed by atoms with Crippen LogP contribution in [0.5, 0.6) is 5.75 Å². The van der Waals surface area contributed by atoms with E-state index in [0.29, 0.717) is 0 Å². The number of hydrogen-bond acceptors (Lipinski definition) is 4. The van der Waals surface area contributed by atoms with E-state index in [1.165, 1.54) is 6.07 Å². The summed E-state index contributed by atoms with van der Waals surface area (Å²) < 4.78 is 0.719.